The molecule has 0 heterocycles. The van der Waals surface area contributed by atoms with Gasteiger partial charge in [-0.25, -0.2) is 9.59 Å². The second kappa shape index (κ2) is 5.53. The van der Waals surface area contributed by atoms with E-state index in [1.807, 2.05) is 0 Å². The van der Waals surface area contributed by atoms with Crippen LogP contribution in [0, 0.1) is 5.92 Å². The van der Waals surface area contributed by atoms with E-state index in [4.69, 9.17) is 9.84 Å². The van der Waals surface area contributed by atoms with Crippen molar-refractivity contribution in [3.05, 3.63) is 12.7 Å². The Labute approximate surface area is 95.5 Å². The quantitative estimate of drug-likeness (QED) is 0.720. The molecule has 0 saturated carbocycles. The first-order chi connectivity index (χ1) is 7.17. The normalized spacial score (nSPS) is 14.8. The van der Waals surface area contributed by atoms with Gasteiger partial charge in [0.15, 0.2) is 0 Å². The van der Waals surface area contributed by atoms with E-state index >= 15 is 0 Å². The van der Waals surface area contributed by atoms with E-state index in [0.717, 1.165) is 0 Å². The molecule has 5 nitrogen and oxygen atoms in total. The van der Waals surface area contributed by atoms with Gasteiger partial charge < -0.3 is 15.2 Å². The zero-order valence-electron chi connectivity index (χ0n) is 10.1. The van der Waals surface area contributed by atoms with Crippen molar-refractivity contribution in [1.82, 2.24) is 5.32 Å². The number of rotatable bonds is 4. The summed E-state index contributed by atoms with van der Waals surface area (Å²) in [4.78, 5) is 22.2. The van der Waals surface area contributed by atoms with Crippen molar-refractivity contribution in [2.24, 2.45) is 5.92 Å². The molecule has 0 aliphatic carbocycles. The van der Waals surface area contributed by atoms with E-state index in [0.29, 0.717) is 0 Å². The van der Waals surface area contributed by atoms with Crippen LogP contribution < -0.4 is 5.32 Å². The molecule has 0 aliphatic heterocycles. The predicted octanol–water partition coefficient (Wildman–Crippen LogP) is 1.79. The van der Waals surface area contributed by atoms with Crippen LogP contribution in [-0.4, -0.2) is 28.8 Å². The molecule has 0 rings (SSSR count). The monoisotopic (exact) mass is 229 g/mol. The van der Waals surface area contributed by atoms with Crippen molar-refractivity contribution < 1.29 is 19.4 Å². The second-order valence-corrected chi connectivity index (χ2v) is 4.56. The number of ether oxygens (including phenoxy) is 1. The van der Waals surface area contributed by atoms with E-state index in [9.17, 15) is 9.59 Å². The summed E-state index contributed by atoms with van der Waals surface area (Å²) in [6.45, 7) is 10.3. The van der Waals surface area contributed by atoms with E-state index in [-0.39, 0.29) is 5.92 Å². The zero-order chi connectivity index (χ0) is 12.9. The van der Waals surface area contributed by atoms with Crippen molar-refractivity contribution in [3.63, 3.8) is 0 Å². The molecule has 0 aliphatic rings. The Morgan fingerprint density at radius 1 is 1.44 bits per heavy atom. The van der Waals surface area contributed by atoms with E-state index in [1.165, 1.54) is 6.08 Å². The Balaban J connectivity index is 4.47. The second-order valence-electron chi connectivity index (χ2n) is 4.56. The van der Waals surface area contributed by atoms with Gasteiger partial charge in [0.25, 0.3) is 0 Å². The maximum atomic E-state index is 11.4. The summed E-state index contributed by atoms with van der Waals surface area (Å²) in [5.74, 6) is -1.48. The van der Waals surface area contributed by atoms with Crippen LogP contribution in [0.2, 0.25) is 0 Å². The minimum Gasteiger partial charge on any atom is -0.480 e. The molecule has 0 unspecified atom stereocenters. The first-order valence-electron chi connectivity index (χ1n) is 5.02. The van der Waals surface area contributed by atoms with Gasteiger partial charge in [-0.05, 0) is 20.8 Å². The molecule has 92 valence electrons. The van der Waals surface area contributed by atoms with Crippen LogP contribution in [0.25, 0.3) is 0 Å². The van der Waals surface area contributed by atoms with Crippen LogP contribution in [0.1, 0.15) is 27.7 Å². The number of alkyl carbamates (subject to hydrolysis) is 1. The minimum atomic E-state index is -1.11. The molecule has 0 aromatic heterocycles. The third kappa shape index (κ3) is 5.38. The van der Waals surface area contributed by atoms with Gasteiger partial charge in [-0.15, -0.1) is 6.58 Å². The molecule has 0 bridgehead atoms. The van der Waals surface area contributed by atoms with Crippen molar-refractivity contribution in [3.8, 4) is 0 Å². The van der Waals surface area contributed by atoms with Crippen LogP contribution in [0.3, 0.4) is 0 Å². The summed E-state index contributed by atoms with van der Waals surface area (Å²) < 4.78 is 4.97. The standard InChI is InChI=1S/C11H19NO4/c1-6-7(2)8(9(13)14)12-10(15)16-11(3,4)5/h6-8H,1H2,2-5H3,(H,12,15)(H,13,14)/t7-,8+/m1/s1. The van der Waals surface area contributed by atoms with Gasteiger partial charge in [-0.3, -0.25) is 0 Å². The van der Waals surface area contributed by atoms with Crippen LogP contribution >= 0.6 is 0 Å². The largest absolute Gasteiger partial charge is 0.480 e. The highest BCUT2D eigenvalue weighted by molar-refractivity contribution is 5.80. The highest BCUT2D eigenvalue weighted by Gasteiger charge is 2.27. The third-order valence-electron chi connectivity index (χ3n) is 1.84. The lowest BCUT2D eigenvalue weighted by Crippen LogP contribution is -2.46. The summed E-state index contributed by atoms with van der Waals surface area (Å²) in [6, 6.07) is -1.02. The number of carbonyl (C=O) groups excluding carboxylic acids is 1. The van der Waals surface area contributed by atoms with Crippen molar-refractivity contribution in [2.45, 2.75) is 39.3 Å². The molecule has 0 radical (unpaired) electrons. The maximum Gasteiger partial charge on any atom is 0.408 e. The average molecular weight is 229 g/mol. The first-order valence-corrected chi connectivity index (χ1v) is 5.02. The van der Waals surface area contributed by atoms with Crippen molar-refractivity contribution in [1.29, 1.82) is 0 Å². The van der Waals surface area contributed by atoms with Gasteiger partial charge in [0.2, 0.25) is 0 Å². The Morgan fingerprint density at radius 3 is 2.25 bits per heavy atom. The minimum absolute atomic E-state index is 0.370. The lowest BCUT2D eigenvalue weighted by molar-refractivity contribution is -0.140. The number of hydrogen-bond donors (Lipinski definition) is 2. The Morgan fingerprint density at radius 2 is 1.94 bits per heavy atom. The Kier molecular flexibility index (Phi) is 5.01. The molecular formula is C11H19NO4. The van der Waals surface area contributed by atoms with Crippen LogP contribution in [0.4, 0.5) is 4.79 Å². The van der Waals surface area contributed by atoms with E-state index in [1.54, 1.807) is 27.7 Å². The molecule has 0 spiro atoms. The SMILES string of the molecule is C=C[C@@H](C)[C@H](NC(=O)OC(C)(C)C)C(=O)O. The number of nitrogens with one attached hydrogen (secondary N) is 1. The summed E-state index contributed by atoms with van der Waals surface area (Å²) in [5, 5.41) is 11.2. The van der Waals surface area contributed by atoms with Gasteiger partial charge >= 0.3 is 12.1 Å². The topological polar surface area (TPSA) is 75.6 Å². The third-order valence-corrected chi connectivity index (χ3v) is 1.84. The number of hydrogen-bond acceptors (Lipinski definition) is 3. The molecular weight excluding hydrogens is 210 g/mol. The van der Waals surface area contributed by atoms with Gasteiger partial charge in [0.1, 0.15) is 11.6 Å². The highest BCUT2D eigenvalue weighted by Crippen LogP contribution is 2.09. The highest BCUT2D eigenvalue weighted by atomic mass is 16.6. The number of carbonyl (C=O) groups is 2. The summed E-state index contributed by atoms with van der Waals surface area (Å²) >= 11 is 0. The predicted molar refractivity (Wildman–Crippen MR) is 60.2 cm³/mol. The van der Waals surface area contributed by atoms with Crippen LogP contribution in [-0.2, 0) is 9.53 Å². The van der Waals surface area contributed by atoms with Crippen LogP contribution in [0.5, 0.6) is 0 Å². The fourth-order valence-corrected chi connectivity index (χ4v) is 0.989. The molecule has 5 heteroatoms. The van der Waals surface area contributed by atoms with E-state index in [2.05, 4.69) is 11.9 Å². The van der Waals surface area contributed by atoms with E-state index < -0.39 is 23.7 Å². The fraction of sp³-hybridized carbons (Fsp3) is 0.636. The smallest absolute Gasteiger partial charge is 0.408 e. The van der Waals surface area contributed by atoms with Gasteiger partial charge in [-0.1, -0.05) is 13.0 Å². The van der Waals surface area contributed by atoms with Crippen molar-refractivity contribution in [2.75, 3.05) is 0 Å². The van der Waals surface area contributed by atoms with Gasteiger partial charge in [-0.2, -0.15) is 0 Å². The van der Waals surface area contributed by atoms with Gasteiger partial charge in [0, 0.05) is 5.92 Å². The molecule has 0 aromatic rings. The molecule has 2 N–H and O–H groups in total. The average Bonchev–Trinajstić information content (AvgIpc) is 2.09. The zero-order valence-corrected chi connectivity index (χ0v) is 10.1. The molecule has 0 aromatic carbocycles. The fourth-order valence-electron chi connectivity index (χ4n) is 0.989. The number of carboxylic acid groups (broad SMARTS) is 1. The number of amides is 1. The number of carboxylic acids is 1. The molecule has 0 fully saturated rings. The molecule has 2 atom stereocenters. The van der Waals surface area contributed by atoms with Crippen LogP contribution in [0.15, 0.2) is 12.7 Å². The summed E-state index contributed by atoms with van der Waals surface area (Å²) in [6.07, 6.45) is 0.726. The maximum absolute atomic E-state index is 11.4. The number of aliphatic carboxylic acids is 1. The first kappa shape index (κ1) is 14.5. The van der Waals surface area contributed by atoms with Crippen molar-refractivity contribution >= 4 is 12.1 Å². The lowest BCUT2D eigenvalue weighted by atomic mass is 10.0. The Hall–Kier alpha value is -1.52. The van der Waals surface area contributed by atoms with Gasteiger partial charge in [0.05, 0.1) is 0 Å². The Bertz CT molecular complexity index is 280. The molecule has 16 heavy (non-hydrogen) atoms. The summed E-state index contributed by atoms with van der Waals surface area (Å²) in [7, 11) is 0. The molecule has 0 saturated heterocycles. The lowest BCUT2D eigenvalue weighted by Gasteiger charge is -2.23. The molecule has 1 amide bonds. The summed E-state index contributed by atoms with van der Waals surface area (Å²) in [5.41, 5.74) is -0.648.